The number of hydrogen-bond donors (Lipinski definition) is 1. The van der Waals surface area contributed by atoms with Gasteiger partial charge in [0.15, 0.2) is 0 Å². The quantitative estimate of drug-likeness (QED) is 0.556. The molecule has 1 N–H and O–H groups in total. The molecule has 2 aliphatic heterocycles. The molecule has 1 atom stereocenters. The van der Waals surface area contributed by atoms with Crippen molar-refractivity contribution < 1.29 is 33.7 Å². The van der Waals surface area contributed by atoms with Crippen LogP contribution in [-0.2, 0) is 14.2 Å². The third-order valence-electron chi connectivity index (χ3n) is 6.08. The van der Waals surface area contributed by atoms with Crippen LogP contribution in [0.1, 0.15) is 63.5 Å². The lowest BCUT2D eigenvalue weighted by Crippen LogP contribution is -2.42. The number of halogens is 1. The van der Waals surface area contributed by atoms with Crippen LogP contribution in [0.15, 0.2) is 12.1 Å². The van der Waals surface area contributed by atoms with Crippen LogP contribution in [0.5, 0.6) is 5.75 Å². The van der Waals surface area contributed by atoms with Crippen molar-refractivity contribution in [2.24, 2.45) is 0 Å². The maximum atomic E-state index is 13.6. The van der Waals surface area contributed by atoms with Crippen LogP contribution in [0, 0.1) is 0 Å². The van der Waals surface area contributed by atoms with Crippen molar-refractivity contribution in [3.63, 3.8) is 0 Å². The van der Waals surface area contributed by atoms with E-state index >= 15 is 0 Å². The Labute approximate surface area is 221 Å². The van der Waals surface area contributed by atoms with Gasteiger partial charge in [0.1, 0.15) is 28.2 Å². The zero-order chi connectivity index (χ0) is 27.3. The second kappa shape index (κ2) is 9.72. The van der Waals surface area contributed by atoms with Gasteiger partial charge in [-0.25, -0.2) is 14.2 Å². The molecule has 10 nitrogen and oxygen atoms in total. The summed E-state index contributed by atoms with van der Waals surface area (Å²) < 4.78 is 17.7. The fraction of sp³-hybridized carbons (Fsp3) is 0.577. The van der Waals surface area contributed by atoms with E-state index in [1.807, 2.05) is 0 Å². The Morgan fingerprint density at radius 2 is 1.62 bits per heavy atom. The number of rotatable bonds is 2. The van der Waals surface area contributed by atoms with Crippen molar-refractivity contribution in [1.82, 2.24) is 9.47 Å². The van der Waals surface area contributed by atoms with Crippen LogP contribution in [0.4, 0.5) is 15.3 Å². The molecule has 2 amide bonds. The summed E-state index contributed by atoms with van der Waals surface area (Å²) in [7, 11) is 0. The Hall–Kier alpha value is -2.98. The number of phenolic OH excluding ortho intramolecular Hbond substituents is 1. The number of anilines is 1. The minimum Gasteiger partial charge on any atom is -0.506 e. The zero-order valence-corrected chi connectivity index (χ0v) is 22.8. The van der Waals surface area contributed by atoms with Crippen molar-refractivity contribution in [1.29, 1.82) is 0 Å². The molecule has 2 aliphatic rings. The molecule has 0 unspecified atom stereocenters. The predicted octanol–water partition coefficient (Wildman–Crippen LogP) is 4.68. The van der Waals surface area contributed by atoms with Crippen LogP contribution in [-0.4, -0.2) is 82.6 Å². The number of benzene rings is 1. The van der Waals surface area contributed by atoms with Crippen molar-refractivity contribution >= 4 is 46.3 Å². The van der Waals surface area contributed by atoms with E-state index in [0.717, 1.165) is 4.57 Å². The third-order valence-corrected chi connectivity index (χ3v) is 6.45. The molecule has 0 bridgehead atoms. The lowest BCUT2D eigenvalue weighted by Gasteiger charge is -2.27. The summed E-state index contributed by atoms with van der Waals surface area (Å²) in [6.45, 7) is 12.2. The average molecular weight is 536 g/mol. The van der Waals surface area contributed by atoms with E-state index < -0.39 is 23.4 Å². The minimum absolute atomic E-state index is 0.0545. The van der Waals surface area contributed by atoms with Gasteiger partial charge in [0.05, 0.1) is 18.9 Å². The first-order valence-corrected chi connectivity index (χ1v) is 12.8. The first-order chi connectivity index (χ1) is 17.2. The lowest BCUT2D eigenvalue weighted by molar-refractivity contribution is 0.0287. The van der Waals surface area contributed by atoms with Gasteiger partial charge in [-0.15, -0.1) is 11.6 Å². The Bertz CT molecular complexity index is 1240. The van der Waals surface area contributed by atoms with Crippen LogP contribution >= 0.6 is 11.6 Å². The van der Waals surface area contributed by atoms with E-state index in [0.29, 0.717) is 42.9 Å². The summed E-state index contributed by atoms with van der Waals surface area (Å²) >= 11 is 6.33. The topological polar surface area (TPSA) is 111 Å². The van der Waals surface area contributed by atoms with Gasteiger partial charge in [0.25, 0.3) is 5.91 Å². The van der Waals surface area contributed by atoms with Crippen molar-refractivity contribution in [3.05, 3.63) is 23.4 Å². The van der Waals surface area contributed by atoms with Gasteiger partial charge in [-0.2, -0.15) is 0 Å². The minimum atomic E-state index is -0.842. The highest BCUT2D eigenvalue weighted by atomic mass is 35.5. The number of carbonyl (C=O) groups is 3. The second-order valence-electron chi connectivity index (χ2n) is 11.3. The Morgan fingerprint density at radius 3 is 2.19 bits per heavy atom. The molecule has 2 aromatic rings. The van der Waals surface area contributed by atoms with Gasteiger partial charge in [-0.3, -0.25) is 9.69 Å². The molecular formula is C26H34ClN3O7. The fourth-order valence-electron chi connectivity index (χ4n) is 4.64. The predicted molar refractivity (Wildman–Crippen MR) is 139 cm³/mol. The van der Waals surface area contributed by atoms with Gasteiger partial charge in [0, 0.05) is 42.9 Å². The first-order valence-electron chi connectivity index (χ1n) is 12.3. The smallest absolute Gasteiger partial charge is 0.419 e. The Balaban J connectivity index is 1.92. The summed E-state index contributed by atoms with van der Waals surface area (Å²) in [5.41, 5.74) is -0.292. The number of aromatic nitrogens is 1. The highest BCUT2D eigenvalue weighted by molar-refractivity contribution is 6.19. The maximum absolute atomic E-state index is 13.6. The van der Waals surface area contributed by atoms with E-state index in [9.17, 15) is 19.5 Å². The van der Waals surface area contributed by atoms with E-state index in [-0.39, 0.29) is 41.2 Å². The van der Waals surface area contributed by atoms with Gasteiger partial charge in [-0.05, 0) is 53.2 Å². The molecule has 37 heavy (non-hydrogen) atoms. The van der Waals surface area contributed by atoms with Gasteiger partial charge < -0.3 is 24.2 Å². The number of phenols is 1. The average Bonchev–Trinajstić information content (AvgIpc) is 3.36. The summed E-state index contributed by atoms with van der Waals surface area (Å²) in [5.74, 6) is -0.795. The van der Waals surface area contributed by atoms with Crippen LogP contribution in [0.2, 0.25) is 0 Å². The molecule has 1 aromatic carbocycles. The number of aromatic hydroxyl groups is 1. The standard InChI is InChI=1S/C26H34ClN3O7/c1-25(2,3)36-23(33)29-14-15(13-27)20-16-11-18(22(32)28-7-9-35-10-8-28)30(24(34)37-26(4,5)6)21(16)19(31)12-17(20)29/h11-12,15,31H,7-10,13-14H2,1-6H3/t15-/m1/s1. The number of fused-ring (bicyclic) bond motifs is 3. The fourth-order valence-corrected chi connectivity index (χ4v) is 4.90. The van der Waals surface area contributed by atoms with Crippen molar-refractivity contribution in [2.45, 2.75) is 58.7 Å². The summed E-state index contributed by atoms with van der Waals surface area (Å²) in [4.78, 5) is 43.0. The van der Waals surface area contributed by atoms with Crippen molar-refractivity contribution in [2.75, 3.05) is 43.6 Å². The molecule has 4 rings (SSSR count). The highest BCUT2D eigenvalue weighted by Gasteiger charge is 2.39. The zero-order valence-electron chi connectivity index (χ0n) is 22.1. The molecule has 1 fully saturated rings. The van der Waals surface area contributed by atoms with Gasteiger partial charge >= 0.3 is 12.2 Å². The van der Waals surface area contributed by atoms with E-state index in [1.54, 1.807) is 52.5 Å². The molecule has 0 aliphatic carbocycles. The van der Waals surface area contributed by atoms with Gasteiger partial charge in [-0.1, -0.05) is 0 Å². The maximum Gasteiger partial charge on any atom is 0.419 e. The van der Waals surface area contributed by atoms with Crippen molar-refractivity contribution in [3.8, 4) is 5.75 Å². The van der Waals surface area contributed by atoms with E-state index in [2.05, 4.69) is 0 Å². The number of ether oxygens (including phenoxy) is 3. The van der Waals surface area contributed by atoms with Crippen LogP contribution < -0.4 is 4.90 Å². The molecule has 0 saturated carbocycles. The normalized spacial score (nSPS) is 18.2. The Morgan fingerprint density at radius 1 is 1.03 bits per heavy atom. The number of carbonyl (C=O) groups excluding carboxylic acids is 3. The lowest BCUT2D eigenvalue weighted by atomic mass is 9.98. The summed E-state index contributed by atoms with van der Waals surface area (Å²) in [6, 6.07) is 2.99. The second-order valence-corrected chi connectivity index (χ2v) is 11.6. The number of nitrogens with zero attached hydrogens (tertiary/aromatic N) is 3. The molecule has 202 valence electrons. The molecule has 1 saturated heterocycles. The number of alkyl halides is 1. The molecule has 0 radical (unpaired) electrons. The highest BCUT2D eigenvalue weighted by Crippen LogP contribution is 2.47. The van der Waals surface area contributed by atoms with E-state index in [1.165, 1.54) is 11.0 Å². The van der Waals surface area contributed by atoms with Gasteiger partial charge in [0.2, 0.25) is 0 Å². The Kier molecular flexibility index (Phi) is 7.11. The number of hydrogen-bond acceptors (Lipinski definition) is 7. The monoisotopic (exact) mass is 535 g/mol. The van der Waals surface area contributed by atoms with E-state index in [4.69, 9.17) is 25.8 Å². The third kappa shape index (κ3) is 5.36. The summed E-state index contributed by atoms with van der Waals surface area (Å²) in [5, 5.41) is 11.6. The molecule has 3 heterocycles. The summed E-state index contributed by atoms with van der Waals surface area (Å²) in [6.07, 6.45) is -1.37. The largest absolute Gasteiger partial charge is 0.506 e. The number of amides is 2. The molecular weight excluding hydrogens is 502 g/mol. The number of morpholine rings is 1. The van der Waals surface area contributed by atoms with Crippen LogP contribution in [0.3, 0.4) is 0 Å². The van der Waals surface area contributed by atoms with Crippen LogP contribution in [0.25, 0.3) is 10.9 Å². The molecule has 0 spiro atoms. The SMILES string of the molecule is CC(C)(C)OC(=O)N1C[C@@H](CCl)c2c1cc(O)c1c2cc(C(=O)N2CCOCC2)n1C(=O)OC(C)(C)C. The molecule has 11 heteroatoms. The first kappa shape index (κ1) is 27.1. The molecule has 1 aromatic heterocycles.